The largest absolute Gasteiger partial charge is 0.382 e. The molecular formula is C12H14N4. The highest BCUT2D eigenvalue weighted by Gasteiger charge is 2.09. The van der Waals surface area contributed by atoms with E-state index in [0.29, 0.717) is 5.82 Å². The van der Waals surface area contributed by atoms with Crippen LogP contribution < -0.4 is 5.73 Å². The van der Waals surface area contributed by atoms with Crippen molar-refractivity contribution in [3.8, 4) is 11.3 Å². The Morgan fingerprint density at radius 3 is 2.50 bits per heavy atom. The Morgan fingerprint density at radius 2 is 1.81 bits per heavy atom. The number of aromatic nitrogens is 3. The average molecular weight is 214 g/mol. The molecule has 0 aliphatic rings. The molecule has 0 atom stereocenters. The van der Waals surface area contributed by atoms with Crippen molar-refractivity contribution in [2.24, 2.45) is 0 Å². The first kappa shape index (κ1) is 10.5. The summed E-state index contributed by atoms with van der Waals surface area (Å²) in [7, 11) is 0. The summed E-state index contributed by atoms with van der Waals surface area (Å²) in [6.45, 7) is 5.92. The van der Waals surface area contributed by atoms with Crippen LogP contribution in [-0.2, 0) is 0 Å². The zero-order valence-corrected chi connectivity index (χ0v) is 9.65. The van der Waals surface area contributed by atoms with Gasteiger partial charge in [-0.3, -0.25) is 4.98 Å². The van der Waals surface area contributed by atoms with Crippen molar-refractivity contribution in [2.45, 2.75) is 20.8 Å². The zero-order chi connectivity index (χ0) is 11.7. The number of pyridine rings is 1. The molecule has 2 aromatic rings. The molecule has 0 amide bonds. The first-order chi connectivity index (χ1) is 7.59. The topological polar surface area (TPSA) is 64.7 Å². The third-order valence-electron chi connectivity index (χ3n) is 2.73. The van der Waals surface area contributed by atoms with E-state index in [1.165, 1.54) is 0 Å². The Bertz CT molecular complexity index is 535. The number of aryl methyl sites for hydroxylation is 1. The standard InChI is InChI=1S/C12H14N4/c1-7-6-10(4-5-14-7)11-8(2)9(3)12(13)16-15-11/h4-6H,1-3H3,(H2,13,16). The highest BCUT2D eigenvalue weighted by molar-refractivity contribution is 5.65. The number of hydrogen-bond donors (Lipinski definition) is 1. The Balaban J connectivity index is 2.61. The van der Waals surface area contributed by atoms with Crippen LogP contribution in [0.1, 0.15) is 16.8 Å². The lowest BCUT2D eigenvalue weighted by Gasteiger charge is -2.08. The van der Waals surface area contributed by atoms with Crippen LogP contribution >= 0.6 is 0 Å². The molecular weight excluding hydrogens is 200 g/mol. The summed E-state index contributed by atoms with van der Waals surface area (Å²) in [4.78, 5) is 4.16. The van der Waals surface area contributed by atoms with Gasteiger partial charge in [0.05, 0.1) is 5.69 Å². The Labute approximate surface area is 94.6 Å². The van der Waals surface area contributed by atoms with Crippen molar-refractivity contribution < 1.29 is 0 Å². The van der Waals surface area contributed by atoms with E-state index in [-0.39, 0.29) is 0 Å². The van der Waals surface area contributed by atoms with Crippen LogP contribution in [0.2, 0.25) is 0 Å². The van der Waals surface area contributed by atoms with Crippen LogP contribution in [0.4, 0.5) is 5.82 Å². The third-order valence-corrected chi connectivity index (χ3v) is 2.73. The number of hydrogen-bond acceptors (Lipinski definition) is 4. The molecule has 0 bridgehead atoms. The molecule has 0 aliphatic carbocycles. The molecule has 0 saturated carbocycles. The smallest absolute Gasteiger partial charge is 0.149 e. The van der Waals surface area contributed by atoms with E-state index in [1.54, 1.807) is 6.20 Å². The SMILES string of the molecule is Cc1cc(-c2nnc(N)c(C)c2C)ccn1. The van der Waals surface area contributed by atoms with Crippen LogP contribution in [0.15, 0.2) is 18.3 Å². The molecule has 16 heavy (non-hydrogen) atoms. The maximum Gasteiger partial charge on any atom is 0.149 e. The molecule has 4 nitrogen and oxygen atoms in total. The fourth-order valence-electron chi connectivity index (χ4n) is 1.59. The van der Waals surface area contributed by atoms with Gasteiger partial charge in [-0.15, -0.1) is 10.2 Å². The van der Waals surface area contributed by atoms with Gasteiger partial charge < -0.3 is 5.73 Å². The monoisotopic (exact) mass is 214 g/mol. The number of anilines is 1. The first-order valence-electron chi connectivity index (χ1n) is 5.12. The number of nitrogens with zero attached hydrogens (tertiary/aromatic N) is 3. The first-order valence-corrected chi connectivity index (χ1v) is 5.12. The maximum absolute atomic E-state index is 5.71. The lowest BCUT2D eigenvalue weighted by molar-refractivity contribution is 1.01. The predicted octanol–water partition coefficient (Wildman–Crippen LogP) is 2.05. The van der Waals surface area contributed by atoms with Crippen molar-refractivity contribution in [1.29, 1.82) is 0 Å². The van der Waals surface area contributed by atoms with Crippen LogP contribution in [0.5, 0.6) is 0 Å². The molecule has 0 unspecified atom stereocenters. The fourth-order valence-corrected chi connectivity index (χ4v) is 1.59. The summed E-state index contributed by atoms with van der Waals surface area (Å²) in [5, 5.41) is 8.10. The molecule has 2 heterocycles. The van der Waals surface area contributed by atoms with E-state index >= 15 is 0 Å². The lowest BCUT2D eigenvalue weighted by Crippen LogP contribution is -2.02. The van der Waals surface area contributed by atoms with Gasteiger partial charge in [-0.1, -0.05) is 0 Å². The summed E-state index contributed by atoms with van der Waals surface area (Å²) in [5.41, 5.74) is 10.6. The molecule has 4 heteroatoms. The molecule has 0 spiro atoms. The Hall–Kier alpha value is -1.97. The average Bonchev–Trinajstić information content (AvgIpc) is 2.26. The molecule has 0 radical (unpaired) electrons. The van der Waals surface area contributed by atoms with Gasteiger partial charge >= 0.3 is 0 Å². The quantitative estimate of drug-likeness (QED) is 0.789. The van der Waals surface area contributed by atoms with E-state index in [9.17, 15) is 0 Å². The minimum atomic E-state index is 0.493. The number of rotatable bonds is 1. The van der Waals surface area contributed by atoms with E-state index in [4.69, 9.17) is 5.73 Å². The second kappa shape index (κ2) is 3.89. The fraction of sp³-hybridized carbons (Fsp3) is 0.250. The van der Waals surface area contributed by atoms with Crippen molar-refractivity contribution in [1.82, 2.24) is 15.2 Å². The molecule has 0 aromatic carbocycles. The minimum Gasteiger partial charge on any atom is -0.382 e. The van der Waals surface area contributed by atoms with Gasteiger partial charge in [-0.05, 0) is 44.0 Å². The van der Waals surface area contributed by atoms with Crippen LogP contribution in [-0.4, -0.2) is 15.2 Å². The second-order valence-corrected chi connectivity index (χ2v) is 3.87. The summed E-state index contributed by atoms with van der Waals surface area (Å²) >= 11 is 0. The van der Waals surface area contributed by atoms with Crippen molar-refractivity contribution in [2.75, 3.05) is 5.73 Å². The molecule has 2 aromatic heterocycles. The van der Waals surface area contributed by atoms with Gasteiger partial charge in [0.25, 0.3) is 0 Å². The molecule has 0 saturated heterocycles. The normalized spacial score (nSPS) is 10.4. The van der Waals surface area contributed by atoms with Gasteiger partial charge in [0.2, 0.25) is 0 Å². The lowest BCUT2D eigenvalue weighted by atomic mass is 10.0. The summed E-state index contributed by atoms with van der Waals surface area (Å²) in [5.74, 6) is 0.493. The maximum atomic E-state index is 5.71. The van der Waals surface area contributed by atoms with Gasteiger partial charge in [-0.2, -0.15) is 0 Å². The number of nitrogen functional groups attached to an aromatic ring is 1. The highest BCUT2D eigenvalue weighted by Crippen LogP contribution is 2.24. The van der Waals surface area contributed by atoms with Crippen LogP contribution in [0.25, 0.3) is 11.3 Å². The van der Waals surface area contributed by atoms with E-state index in [0.717, 1.165) is 28.1 Å². The van der Waals surface area contributed by atoms with Crippen molar-refractivity contribution >= 4 is 5.82 Å². The minimum absolute atomic E-state index is 0.493. The van der Waals surface area contributed by atoms with Crippen molar-refractivity contribution in [3.63, 3.8) is 0 Å². The van der Waals surface area contributed by atoms with E-state index in [1.807, 2.05) is 32.9 Å². The van der Waals surface area contributed by atoms with Crippen LogP contribution in [0, 0.1) is 20.8 Å². The molecule has 0 fully saturated rings. The van der Waals surface area contributed by atoms with Gasteiger partial charge in [0.15, 0.2) is 0 Å². The van der Waals surface area contributed by atoms with E-state index < -0.39 is 0 Å². The predicted molar refractivity (Wildman–Crippen MR) is 63.9 cm³/mol. The van der Waals surface area contributed by atoms with Gasteiger partial charge in [0.1, 0.15) is 5.82 Å². The van der Waals surface area contributed by atoms with Gasteiger partial charge in [0, 0.05) is 17.5 Å². The zero-order valence-electron chi connectivity index (χ0n) is 9.65. The molecule has 2 rings (SSSR count). The molecule has 0 aliphatic heterocycles. The summed E-state index contributed by atoms with van der Waals surface area (Å²) < 4.78 is 0. The summed E-state index contributed by atoms with van der Waals surface area (Å²) in [6, 6.07) is 3.92. The van der Waals surface area contributed by atoms with Gasteiger partial charge in [-0.25, -0.2) is 0 Å². The Kier molecular flexibility index (Phi) is 2.56. The molecule has 2 N–H and O–H groups in total. The van der Waals surface area contributed by atoms with Crippen molar-refractivity contribution in [3.05, 3.63) is 35.2 Å². The van der Waals surface area contributed by atoms with Crippen LogP contribution in [0.3, 0.4) is 0 Å². The number of nitrogens with two attached hydrogens (primary N) is 1. The van der Waals surface area contributed by atoms with E-state index in [2.05, 4.69) is 15.2 Å². The summed E-state index contributed by atoms with van der Waals surface area (Å²) in [6.07, 6.45) is 1.78. The third kappa shape index (κ3) is 1.74. The Morgan fingerprint density at radius 1 is 1.06 bits per heavy atom. The highest BCUT2D eigenvalue weighted by atomic mass is 15.1. The second-order valence-electron chi connectivity index (χ2n) is 3.87. The molecule has 82 valence electrons.